The van der Waals surface area contributed by atoms with Crippen LogP contribution in [0.1, 0.15) is 12.2 Å². The van der Waals surface area contributed by atoms with Crippen LogP contribution in [0.15, 0.2) is 25.0 Å². The van der Waals surface area contributed by atoms with Crippen molar-refractivity contribution in [2.75, 3.05) is 13.1 Å². The number of carbonyl (C=O) groups excluding carboxylic acids is 2. The Morgan fingerprint density at radius 1 is 1.72 bits per heavy atom. The number of aromatic amines is 1. The predicted molar refractivity (Wildman–Crippen MR) is 65.3 cm³/mol. The Hall–Kier alpha value is -2.11. The summed E-state index contributed by atoms with van der Waals surface area (Å²) in [5, 5.41) is 2.77. The average Bonchev–Trinajstić information content (AvgIpc) is 2.97. The number of aromatic nitrogens is 2. The van der Waals surface area contributed by atoms with Crippen molar-refractivity contribution in [3.63, 3.8) is 0 Å². The van der Waals surface area contributed by atoms with Crippen LogP contribution in [-0.2, 0) is 16.1 Å². The van der Waals surface area contributed by atoms with E-state index in [-0.39, 0.29) is 24.2 Å². The molecule has 0 bridgehead atoms. The van der Waals surface area contributed by atoms with Gasteiger partial charge in [-0.1, -0.05) is 6.08 Å². The number of amides is 2. The number of hydrogen-bond acceptors (Lipinski definition) is 3. The molecule has 1 fully saturated rings. The van der Waals surface area contributed by atoms with Gasteiger partial charge in [-0.2, -0.15) is 0 Å². The van der Waals surface area contributed by atoms with Crippen molar-refractivity contribution in [3.05, 3.63) is 30.9 Å². The molecule has 1 aliphatic heterocycles. The van der Waals surface area contributed by atoms with Crippen LogP contribution in [0.4, 0.5) is 0 Å². The van der Waals surface area contributed by atoms with E-state index < -0.39 is 0 Å². The first-order valence-corrected chi connectivity index (χ1v) is 5.85. The van der Waals surface area contributed by atoms with Gasteiger partial charge in [0.25, 0.3) is 0 Å². The van der Waals surface area contributed by atoms with Crippen LogP contribution >= 0.6 is 0 Å². The van der Waals surface area contributed by atoms with Gasteiger partial charge in [0, 0.05) is 31.9 Å². The zero-order valence-corrected chi connectivity index (χ0v) is 10.1. The number of rotatable bonds is 5. The highest BCUT2D eigenvalue weighted by Crippen LogP contribution is 2.17. The molecule has 0 spiro atoms. The maximum absolute atomic E-state index is 11.9. The quantitative estimate of drug-likeness (QED) is 0.723. The standard InChI is InChI=1S/C12H16N4O2/c1-2-5-16-8-9(6-11(16)17)12(18)15-7-10-13-3-4-14-10/h2-4,9H,1,5-8H2,(H,13,14)(H,15,18)/t9-/m0/s1. The van der Waals surface area contributed by atoms with Crippen LogP contribution in [0.25, 0.3) is 0 Å². The summed E-state index contributed by atoms with van der Waals surface area (Å²) in [5.74, 6) is 0.336. The Labute approximate surface area is 105 Å². The Morgan fingerprint density at radius 3 is 3.22 bits per heavy atom. The lowest BCUT2D eigenvalue weighted by Crippen LogP contribution is -2.32. The van der Waals surface area contributed by atoms with Gasteiger partial charge in [0.1, 0.15) is 5.82 Å². The minimum Gasteiger partial charge on any atom is -0.349 e. The summed E-state index contributed by atoms with van der Waals surface area (Å²) >= 11 is 0. The topological polar surface area (TPSA) is 78.1 Å². The molecule has 0 aliphatic carbocycles. The van der Waals surface area contributed by atoms with Crippen LogP contribution in [0, 0.1) is 5.92 Å². The molecule has 6 heteroatoms. The molecule has 0 radical (unpaired) electrons. The maximum atomic E-state index is 11.9. The van der Waals surface area contributed by atoms with Crippen molar-refractivity contribution in [2.45, 2.75) is 13.0 Å². The van der Waals surface area contributed by atoms with E-state index in [4.69, 9.17) is 0 Å². The number of nitrogens with zero attached hydrogens (tertiary/aromatic N) is 2. The maximum Gasteiger partial charge on any atom is 0.225 e. The molecule has 6 nitrogen and oxygen atoms in total. The number of imidazole rings is 1. The summed E-state index contributed by atoms with van der Waals surface area (Å²) in [6.45, 7) is 4.92. The van der Waals surface area contributed by atoms with Gasteiger partial charge < -0.3 is 15.2 Å². The molecule has 18 heavy (non-hydrogen) atoms. The summed E-state index contributed by atoms with van der Waals surface area (Å²) in [5.41, 5.74) is 0. The second kappa shape index (κ2) is 5.48. The van der Waals surface area contributed by atoms with E-state index in [2.05, 4.69) is 21.9 Å². The van der Waals surface area contributed by atoms with Gasteiger partial charge in [0.15, 0.2) is 0 Å². The fourth-order valence-corrected chi connectivity index (χ4v) is 1.99. The molecule has 1 aromatic heterocycles. The number of likely N-dealkylation sites (tertiary alicyclic amines) is 1. The van der Waals surface area contributed by atoms with E-state index in [0.29, 0.717) is 25.5 Å². The highest BCUT2D eigenvalue weighted by molar-refractivity contribution is 5.89. The molecule has 2 amide bonds. The zero-order chi connectivity index (χ0) is 13.0. The van der Waals surface area contributed by atoms with Crippen molar-refractivity contribution < 1.29 is 9.59 Å². The van der Waals surface area contributed by atoms with Crippen LogP contribution in [0.2, 0.25) is 0 Å². The monoisotopic (exact) mass is 248 g/mol. The molecule has 0 unspecified atom stereocenters. The molecule has 2 rings (SSSR count). The van der Waals surface area contributed by atoms with Gasteiger partial charge in [0.05, 0.1) is 12.5 Å². The van der Waals surface area contributed by atoms with E-state index in [1.165, 1.54) is 0 Å². The fraction of sp³-hybridized carbons (Fsp3) is 0.417. The van der Waals surface area contributed by atoms with Gasteiger partial charge in [-0.15, -0.1) is 6.58 Å². The lowest BCUT2D eigenvalue weighted by atomic mass is 10.1. The predicted octanol–water partition coefficient (Wildman–Crippen LogP) is 0.0604. The Balaban J connectivity index is 1.83. The molecular formula is C12H16N4O2. The van der Waals surface area contributed by atoms with Crippen LogP contribution in [-0.4, -0.2) is 39.8 Å². The van der Waals surface area contributed by atoms with Gasteiger partial charge in [-0.25, -0.2) is 4.98 Å². The molecule has 0 aromatic carbocycles. The first-order chi connectivity index (χ1) is 8.70. The van der Waals surface area contributed by atoms with Gasteiger partial charge in [-0.3, -0.25) is 9.59 Å². The molecule has 0 saturated carbocycles. The zero-order valence-electron chi connectivity index (χ0n) is 10.1. The number of H-pyrrole nitrogens is 1. The van der Waals surface area contributed by atoms with Crippen LogP contribution in [0.5, 0.6) is 0 Å². The Bertz CT molecular complexity index is 441. The highest BCUT2D eigenvalue weighted by atomic mass is 16.2. The lowest BCUT2D eigenvalue weighted by molar-refractivity contribution is -0.128. The SMILES string of the molecule is C=CCN1C[C@@H](C(=O)NCc2ncc[nH]2)CC1=O. The Morgan fingerprint density at radius 2 is 2.56 bits per heavy atom. The molecule has 1 atom stereocenters. The van der Waals surface area contributed by atoms with E-state index in [9.17, 15) is 9.59 Å². The molecule has 1 saturated heterocycles. The van der Waals surface area contributed by atoms with Gasteiger partial charge >= 0.3 is 0 Å². The van der Waals surface area contributed by atoms with Crippen molar-refractivity contribution in [2.24, 2.45) is 5.92 Å². The van der Waals surface area contributed by atoms with E-state index >= 15 is 0 Å². The van der Waals surface area contributed by atoms with E-state index in [1.54, 1.807) is 23.4 Å². The molecule has 1 aliphatic rings. The summed E-state index contributed by atoms with van der Waals surface area (Å²) in [4.78, 5) is 32.0. The third kappa shape index (κ3) is 2.77. The van der Waals surface area contributed by atoms with Crippen LogP contribution in [0.3, 0.4) is 0 Å². The lowest BCUT2D eigenvalue weighted by Gasteiger charge is -2.13. The minimum absolute atomic E-state index is 0.00745. The van der Waals surface area contributed by atoms with Crippen molar-refractivity contribution in [3.8, 4) is 0 Å². The van der Waals surface area contributed by atoms with Crippen molar-refractivity contribution >= 4 is 11.8 Å². The van der Waals surface area contributed by atoms with Crippen LogP contribution < -0.4 is 5.32 Å². The Kier molecular flexibility index (Phi) is 3.76. The molecular weight excluding hydrogens is 232 g/mol. The fourth-order valence-electron chi connectivity index (χ4n) is 1.99. The van der Waals surface area contributed by atoms with Crippen molar-refractivity contribution in [1.82, 2.24) is 20.2 Å². The smallest absolute Gasteiger partial charge is 0.225 e. The highest BCUT2D eigenvalue weighted by Gasteiger charge is 2.33. The van der Waals surface area contributed by atoms with E-state index in [0.717, 1.165) is 0 Å². The second-order valence-electron chi connectivity index (χ2n) is 4.24. The first kappa shape index (κ1) is 12.3. The first-order valence-electron chi connectivity index (χ1n) is 5.85. The number of hydrogen-bond donors (Lipinski definition) is 2. The number of nitrogens with one attached hydrogen (secondary N) is 2. The summed E-state index contributed by atoms with van der Waals surface area (Å²) in [6.07, 6.45) is 5.28. The largest absolute Gasteiger partial charge is 0.349 e. The minimum atomic E-state index is -0.271. The summed E-state index contributed by atoms with van der Waals surface area (Å²) < 4.78 is 0. The molecule has 2 heterocycles. The normalized spacial score (nSPS) is 19.0. The molecule has 1 aromatic rings. The molecule has 96 valence electrons. The third-order valence-electron chi connectivity index (χ3n) is 2.92. The summed E-state index contributed by atoms with van der Waals surface area (Å²) in [6, 6.07) is 0. The summed E-state index contributed by atoms with van der Waals surface area (Å²) in [7, 11) is 0. The molecule has 2 N–H and O–H groups in total. The van der Waals surface area contributed by atoms with Gasteiger partial charge in [0.2, 0.25) is 11.8 Å². The van der Waals surface area contributed by atoms with Crippen molar-refractivity contribution in [1.29, 1.82) is 0 Å². The second-order valence-corrected chi connectivity index (χ2v) is 4.24. The van der Waals surface area contributed by atoms with E-state index in [1.807, 2.05) is 0 Å². The third-order valence-corrected chi connectivity index (χ3v) is 2.92. The van der Waals surface area contributed by atoms with Gasteiger partial charge in [-0.05, 0) is 0 Å². The average molecular weight is 248 g/mol. The number of carbonyl (C=O) groups is 2.